The fourth-order valence-corrected chi connectivity index (χ4v) is 4.66. The molecule has 2 N–H and O–H groups in total. The Morgan fingerprint density at radius 3 is 2.59 bits per heavy atom. The lowest BCUT2D eigenvalue weighted by Crippen LogP contribution is -2.34. The van der Waals surface area contributed by atoms with Crippen LogP contribution in [-0.2, 0) is 4.79 Å². The number of aryl methyl sites for hydroxylation is 2. The molecule has 1 aliphatic heterocycles. The fraction of sp³-hybridized carbons (Fsp3) is 0.348. The van der Waals surface area contributed by atoms with Crippen molar-refractivity contribution in [3.63, 3.8) is 0 Å². The van der Waals surface area contributed by atoms with E-state index in [2.05, 4.69) is 60.3 Å². The highest BCUT2D eigenvalue weighted by atomic mass is 16.1. The van der Waals surface area contributed by atoms with Gasteiger partial charge in [0.1, 0.15) is 11.6 Å². The van der Waals surface area contributed by atoms with E-state index in [0.717, 1.165) is 46.3 Å². The predicted octanol–water partition coefficient (Wildman–Crippen LogP) is 4.41. The van der Waals surface area contributed by atoms with Crippen LogP contribution in [0.4, 0.5) is 5.82 Å². The molecule has 6 nitrogen and oxygen atoms in total. The second-order valence-corrected chi connectivity index (χ2v) is 8.96. The lowest BCUT2D eigenvalue weighted by atomic mass is 9.70. The van der Waals surface area contributed by atoms with E-state index in [0.29, 0.717) is 6.42 Å². The molecule has 3 aromatic rings. The predicted molar refractivity (Wildman–Crippen MR) is 112 cm³/mol. The second kappa shape index (κ2) is 6.17. The number of carbonyl (C=O) groups excluding carboxylic acids is 1. The summed E-state index contributed by atoms with van der Waals surface area (Å²) < 4.78 is 1.95. The molecule has 0 spiro atoms. The monoisotopic (exact) mass is 387 g/mol. The minimum absolute atomic E-state index is 0.0715. The van der Waals surface area contributed by atoms with E-state index in [1.165, 1.54) is 5.56 Å². The number of carbonyl (C=O) groups is 1. The number of benzene rings is 1. The molecule has 0 saturated carbocycles. The van der Waals surface area contributed by atoms with Crippen molar-refractivity contribution < 1.29 is 4.79 Å². The smallest absolute Gasteiger partial charge is 0.162 e. The van der Waals surface area contributed by atoms with Crippen molar-refractivity contribution in [2.24, 2.45) is 5.41 Å². The van der Waals surface area contributed by atoms with Crippen LogP contribution in [0.3, 0.4) is 0 Å². The Kier molecular flexibility index (Phi) is 3.81. The van der Waals surface area contributed by atoms with Crippen molar-refractivity contribution in [3.8, 4) is 5.69 Å². The van der Waals surface area contributed by atoms with Gasteiger partial charge in [0.15, 0.2) is 5.78 Å². The number of H-pyrrole nitrogens is 1. The first-order valence-corrected chi connectivity index (χ1v) is 10.0. The van der Waals surface area contributed by atoms with Crippen LogP contribution >= 0.6 is 0 Å². The van der Waals surface area contributed by atoms with Crippen LogP contribution < -0.4 is 5.32 Å². The maximum atomic E-state index is 13.2. The maximum Gasteiger partial charge on any atom is 0.162 e. The number of allylic oxidation sites excluding steroid dienone is 2. The first-order valence-electron chi connectivity index (χ1n) is 10.0. The van der Waals surface area contributed by atoms with Crippen LogP contribution in [0.2, 0.25) is 0 Å². The third-order valence-corrected chi connectivity index (χ3v) is 5.94. The summed E-state index contributed by atoms with van der Waals surface area (Å²) in [6, 6.07) is 8.32. The molecule has 0 unspecified atom stereocenters. The first-order chi connectivity index (χ1) is 13.8. The summed E-state index contributed by atoms with van der Waals surface area (Å²) in [5.74, 6) is 1.69. The molecule has 3 heterocycles. The number of nitrogens with one attached hydrogen (secondary N) is 2. The minimum Gasteiger partial charge on any atom is -0.348 e. The van der Waals surface area contributed by atoms with Crippen LogP contribution in [-0.4, -0.2) is 25.5 Å². The number of anilines is 1. The zero-order valence-electron chi connectivity index (χ0n) is 17.2. The van der Waals surface area contributed by atoms with Crippen LogP contribution in [0.25, 0.3) is 5.69 Å². The molecule has 0 bridgehead atoms. The quantitative estimate of drug-likeness (QED) is 0.683. The second-order valence-electron chi connectivity index (χ2n) is 8.96. The van der Waals surface area contributed by atoms with Gasteiger partial charge in [0, 0.05) is 35.6 Å². The average molecular weight is 387 g/mol. The molecule has 0 amide bonds. The summed E-state index contributed by atoms with van der Waals surface area (Å²) in [5.41, 5.74) is 5.88. The van der Waals surface area contributed by atoms with E-state index in [9.17, 15) is 4.79 Å². The number of ketones is 1. The van der Waals surface area contributed by atoms with Gasteiger partial charge in [-0.1, -0.05) is 31.5 Å². The number of rotatable bonds is 2. The summed E-state index contributed by atoms with van der Waals surface area (Å²) in [6.07, 6.45) is 4.93. The number of hydrogen-bond acceptors (Lipinski definition) is 4. The standard InChI is InChI=1S/C23H25N5O/c1-13-5-7-15(8-6-13)28-22-18(14(2)27-28)20(21-24-9-10-25-21)19-16(26-22)11-23(3,4)12-17(19)29/h5-10,20,26H,11-12H2,1-4H3,(H,24,25)/t20-/m1/s1. The van der Waals surface area contributed by atoms with E-state index in [1.54, 1.807) is 6.20 Å². The van der Waals surface area contributed by atoms with E-state index >= 15 is 0 Å². The van der Waals surface area contributed by atoms with Crippen molar-refractivity contribution in [1.29, 1.82) is 0 Å². The van der Waals surface area contributed by atoms with Gasteiger partial charge < -0.3 is 10.3 Å². The third-order valence-electron chi connectivity index (χ3n) is 5.94. The number of fused-ring (bicyclic) bond motifs is 1. The van der Waals surface area contributed by atoms with Gasteiger partial charge in [0.05, 0.1) is 17.3 Å². The summed E-state index contributed by atoms with van der Waals surface area (Å²) in [7, 11) is 0. The average Bonchev–Trinajstić information content (AvgIpc) is 3.28. The Morgan fingerprint density at radius 2 is 1.90 bits per heavy atom. The summed E-state index contributed by atoms with van der Waals surface area (Å²) in [6.45, 7) is 8.38. The van der Waals surface area contributed by atoms with Gasteiger partial charge in [-0.05, 0) is 37.8 Å². The molecule has 2 aromatic heterocycles. The molecular weight excluding hydrogens is 362 g/mol. The lowest BCUT2D eigenvalue weighted by Gasteiger charge is -2.38. The van der Waals surface area contributed by atoms with Gasteiger partial charge in [-0.15, -0.1) is 0 Å². The van der Waals surface area contributed by atoms with Crippen LogP contribution in [0.1, 0.15) is 55.3 Å². The summed E-state index contributed by atoms with van der Waals surface area (Å²) in [5, 5.41) is 8.44. The summed E-state index contributed by atoms with van der Waals surface area (Å²) >= 11 is 0. The molecule has 6 heteroatoms. The van der Waals surface area contributed by atoms with Gasteiger partial charge in [-0.25, -0.2) is 9.67 Å². The van der Waals surface area contributed by atoms with Crippen LogP contribution in [0, 0.1) is 19.3 Å². The SMILES string of the molecule is Cc1ccc(-n2nc(C)c3c2NC2=C(C(=O)CC(C)(C)C2)[C@@H]3c2ncc[nH]2)cc1. The lowest BCUT2D eigenvalue weighted by molar-refractivity contribution is -0.118. The van der Waals surface area contributed by atoms with E-state index in [-0.39, 0.29) is 17.1 Å². The highest BCUT2D eigenvalue weighted by Gasteiger charge is 2.43. The van der Waals surface area contributed by atoms with Crippen molar-refractivity contribution in [1.82, 2.24) is 19.7 Å². The third kappa shape index (κ3) is 2.82. The van der Waals surface area contributed by atoms with Crippen molar-refractivity contribution in [3.05, 3.63) is 70.6 Å². The number of Topliss-reactive ketones (excluding diaryl/α,β-unsaturated/α-hetero) is 1. The molecule has 2 aliphatic rings. The number of hydrogen-bond donors (Lipinski definition) is 2. The number of nitrogens with zero attached hydrogens (tertiary/aromatic N) is 3. The highest BCUT2D eigenvalue weighted by Crippen LogP contribution is 2.49. The van der Waals surface area contributed by atoms with E-state index < -0.39 is 0 Å². The van der Waals surface area contributed by atoms with Crippen molar-refractivity contribution in [2.75, 3.05) is 5.32 Å². The topological polar surface area (TPSA) is 75.6 Å². The van der Waals surface area contributed by atoms with Crippen LogP contribution in [0.5, 0.6) is 0 Å². The molecule has 1 aromatic carbocycles. The molecule has 29 heavy (non-hydrogen) atoms. The van der Waals surface area contributed by atoms with Crippen molar-refractivity contribution in [2.45, 2.75) is 46.5 Å². The molecule has 0 fully saturated rings. The Balaban J connectivity index is 1.74. The zero-order chi connectivity index (χ0) is 20.3. The Bertz CT molecular complexity index is 1130. The van der Waals surface area contributed by atoms with Gasteiger partial charge in [0.25, 0.3) is 0 Å². The Labute approximate surface area is 170 Å². The normalized spacial score (nSPS) is 20.3. The zero-order valence-corrected chi connectivity index (χ0v) is 17.2. The fourth-order valence-electron chi connectivity index (χ4n) is 4.66. The molecule has 148 valence electrons. The highest BCUT2D eigenvalue weighted by molar-refractivity contribution is 6.01. The molecule has 1 aliphatic carbocycles. The molecule has 0 saturated heterocycles. The molecule has 0 radical (unpaired) electrons. The number of aromatic nitrogens is 4. The van der Waals surface area contributed by atoms with E-state index in [4.69, 9.17) is 5.10 Å². The minimum atomic E-state index is -0.223. The maximum absolute atomic E-state index is 13.2. The Hall–Kier alpha value is -3.15. The van der Waals surface area contributed by atoms with Crippen molar-refractivity contribution >= 4 is 11.6 Å². The van der Waals surface area contributed by atoms with E-state index in [1.807, 2.05) is 17.8 Å². The number of aromatic amines is 1. The van der Waals surface area contributed by atoms with Gasteiger partial charge in [0.2, 0.25) is 0 Å². The molecular formula is C23H25N5O. The largest absolute Gasteiger partial charge is 0.348 e. The summed E-state index contributed by atoms with van der Waals surface area (Å²) in [4.78, 5) is 21.0. The molecule has 1 atom stereocenters. The van der Waals surface area contributed by atoms with Gasteiger partial charge in [-0.2, -0.15) is 5.10 Å². The van der Waals surface area contributed by atoms with Gasteiger partial charge >= 0.3 is 0 Å². The number of imidazole rings is 1. The van der Waals surface area contributed by atoms with Crippen LogP contribution in [0.15, 0.2) is 47.9 Å². The first kappa shape index (κ1) is 17.9. The Morgan fingerprint density at radius 1 is 1.14 bits per heavy atom. The van der Waals surface area contributed by atoms with Gasteiger partial charge in [-0.3, -0.25) is 4.79 Å². The molecule has 5 rings (SSSR count).